The Labute approximate surface area is 537 Å². The maximum Gasteiger partial charge on any atom is 1.00 e. The van der Waals surface area contributed by atoms with E-state index in [9.17, 15) is 39.5 Å². The van der Waals surface area contributed by atoms with Gasteiger partial charge in [0.1, 0.15) is 37.1 Å². The molecule has 0 spiro atoms. The van der Waals surface area contributed by atoms with E-state index in [1.165, 1.54) is 47.5 Å². The SMILES string of the molecule is C=C(CCl)COc1ccc(C(F)(F)F)cc1.C=C(COc1ccc(C(F)(F)F)cc1)CSc1ccc(C)cc1Cl.C=C(COc1ccc(C(F)(F)F)cc1)CSc1ccc(CC)cc1Cl.CCc1ccc(S)c(Cl)c1.O=C=O.O=C=O.O=C=O.[Li+].[OH-]. The molecule has 0 amide bonds. The number of hydrogen-bond acceptors (Lipinski definition) is 13. The fraction of sp³-hybridized carbons (Fsp3) is 0.237. The molecule has 27 heteroatoms. The van der Waals surface area contributed by atoms with Gasteiger partial charge in [-0.25, -0.2) is 0 Å². The zero-order valence-electron chi connectivity index (χ0n) is 46.2. The van der Waals surface area contributed by atoms with Crippen molar-refractivity contribution in [2.45, 2.75) is 66.8 Å². The minimum absolute atomic E-state index is 0. The first-order chi connectivity index (χ1) is 39.5. The van der Waals surface area contributed by atoms with Crippen molar-refractivity contribution < 1.29 is 107 Å². The molecule has 460 valence electrons. The van der Waals surface area contributed by atoms with Crippen LogP contribution in [0.2, 0.25) is 15.1 Å². The van der Waals surface area contributed by atoms with Gasteiger partial charge in [0.2, 0.25) is 0 Å². The Kier molecular flexibility index (Phi) is 44.7. The van der Waals surface area contributed by atoms with Gasteiger partial charge in [0.25, 0.3) is 0 Å². The van der Waals surface area contributed by atoms with Crippen LogP contribution in [0, 0.1) is 6.92 Å². The van der Waals surface area contributed by atoms with Gasteiger partial charge in [-0.05, 0) is 162 Å². The second kappa shape index (κ2) is 45.5. The maximum absolute atomic E-state index is 12.5. The molecule has 0 bridgehead atoms. The monoisotopic (exact) mass is 1340 g/mol. The zero-order chi connectivity index (χ0) is 64.1. The number of thioether (sulfide) groups is 2. The van der Waals surface area contributed by atoms with Crippen LogP contribution >= 0.6 is 82.6 Å². The first kappa shape index (κ1) is 84.4. The van der Waals surface area contributed by atoms with Crippen molar-refractivity contribution in [3.05, 3.63) is 212 Å². The number of carbonyl (C=O) groups excluding carboxylic acids is 6. The van der Waals surface area contributed by atoms with E-state index in [1.54, 1.807) is 23.5 Å². The summed E-state index contributed by atoms with van der Waals surface area (Å²) >= 11 is 30.9. The molecule has 0 aliphatic carbocycles. The Balaban J connectivity index is -0.00000105. The summed E-state index contributed by atoms with van der Waals surface area (Å²) in [5.41, 5.74) is 3.74. The van der Waals surface area contributed by atoms with Crippen molar-refractivity contribution in [3.8, 4) is 17.2 Å². The largest absolute Gasteiger partial charge is 1.00 e. The Hall–Kier alpha value is -5.78. The van der Waals surface area contributed by atoms with E-state index in [2.05, 4.69) is 46.2 Å². The van der Waals surface area contributed by atoms with E-state index in [4.69, 9.17) is 89.4 Å². The van der Waals surface area contributed by atoms with Crippen LogP contribution in [0.5, 0.6) is 17.2 Å². The molecule has 0 atom stereocenters. The van der Waals surface area contributed by atoms with E-state index < -0.39 is 35.2 Å². The Bertz CT molecular complexity index is 3050. The summed E-state index contributed by atoms with van der Waals surface area (Å²) in [6.07, 6.45) is -10.3. The van der Waals surface area contributed by atoms with Gasteiger partial charge >= 0.3 is 55.8 Å². The third-order valence-electron chi connectivity index (χ3n) is 9.84. The van der Waals surface area contributed by atoms with Gasteiger partial charge in [-0.2, -0.15) is 68.3 Å². The molecule has 10 nitrogen and oxygen atoms in total. The molecule has 6 aromatic carbocycles. The number of ether oxygens (including phenoxy) is 3. The first-order valence-corrected chi connectivity index (χ1v) is 27.8. The molecule has 86 heavy (non-hydrogen) atoms. The van der Waals surface area contributed by atoms with Crippen LogP contribution in [-0.2, 0) is 60.1 Å². The summed E-state index contributed by atoms with van der Waals surface area (Å²) in [5, 5.41) is 2.14. The van der Waals surface area contributed by atoms with E-state index >= 15 is 0 Å². The molecule has 0 radical (unpaired) electrons. The molecule has 0 aliphatic rings. The molecule has 0 heterocycles. The van der Waals surface area contributed by atoms with Gasteiger partial charge in [-0.1, -0.05) is 86.6 Å². The maximum atomic E-state index is 12.5. The smallest absolute Gasteiger partial charge is 0.870 e. The van der Waals surface area contributed by atoms with Gasteiger partial charge in [-0.15, -0.1) is 47.8 Å². The summed E-state index contributed by atoms with van der Waals surface area (Å²) in [6, 6.07) is 31.4. The third-order valence-corrected chi connectivity index (χ3v) is 14.3. The van der Waals surface area contributed by atoms with E-state index in [-0.39, 0.29) is 68.5 Å². The van der Waals surface area contributed by atoms with Gasteiger partial charge in [0.05, 0.1) is 31.8 Å². The fourth-order valence-corrected chi connectivity index (χ4v) is 8.43. The van der Waals surface area contributed by atoms with Crippen LogP contribution < -0.4 is 33.1 Å². The number of alkyl halides is 10. The quantitative estimate of drug-likeness (QED) is 0.0217. The molecule has 0 saturated carbocycles. The van der Waals surface area contributed by atoms with Gasteiger partial charge in [-0.3, -0.25) is 0 Å². The number of hydrogen-bond donors (Lipinski definition) is 1. The number of benzene rings is 6. The molecule has 6 rings (SSSR count). The number of thiol groups is 1. The summed E-state index contributed by atoms with van der Waals surface area (Å²) in [5.74, 6) is 2.61. The molecule has 0 aliphatic heterocycles. The standard InChI is InChI=1S/C19H18ClF3OS.C18H16ClF3OS.C11H10ClF3O.C8H9ClS.3CO2.Li.H2O/c1-3-14-4-9-18(17(20)10-14)25-12-13(2)11-24-16-7-5-15(6-8-16)19(21,22)23;1-12-3-8-17(16(19)9-12)24-11-13(2)10-23-15-6-4-14(5-7-15)18(20,21)22;1-8(6-12)7-16-10-4-2-9(3-5-10)11(13,14)15;1-2-6-3-4-8(10)7(9)5-6;3*2-1-3;;/h4-10H,2-3,11-12H2,1H3;3-9H,2,10-11H2,1H3;2-5H,1,6-7H2;3-5,10H,2H2,1H3;;;;;1H2/q;;;;;;;+1;/p-1. The fourth-order valence-electron chi connectivity index (χ4n) is 5.63. The molecule has 6 aromatic rings. The summed E-state index contributed by atoms with van der Waals surface area (Å²) < 4.78 is 128. The van der Waals surface area contributed by atoms with Crippen molar-refractivity contribution in [1.29, 1.82) is 0 Å². The summed E-state index contributed by atoms with van der Waals surface area (Å²) in [6.45, 7) is 18.3. The summed E-state index contributed by atoms with van der Waals surface area (Å²) in [7, 11) is 0. The van der Waals surface area contributed by atoms with Crippen molar-refractivity contribution >= 4 is 101 Å². The molecule has 0 unspecified atom stereocenters. The predicted octanol–water partition coefficient (Wildman–Crippen LogP) is 15.2. The number of halogens is 13. The second-order valence-electron chi connectivity index (χ2n) is 16.3. The summed E-state index contributed by atoms with van der Waals surface area (Å²) in [4.78, 5) is 51.5. The average Bonchev–Trinajstić information content (AvgIpc) is 3.59. The van der Waals surface area contributed by atoms with Crippen LogP contribution in [0.15, 0.2) is 179 Å². The molecule has 1 N–H and O–H groups in total. The number of aryl methyl sites for hydroxylation is 3. The van der Waals surface area contributed by atoms with Gasteiger partial charge in [0, 0.05) is 32.1 Å². The topological polar surface area (TPSA) is 160 Å². The second-order valence-corrected chi connectivity index (χ2v) is 20.3. The van der Waals surface area contributed by atoms with Gasteiger partial charge < -0.3 is 19.7 Å². The minimum Gasteiger partial charge on any atom is -0.870 e. The van der Waals surface area contributed by atoms with E-state index in [0.717, 1.165) is 85.7 Å². The van der Waals surface area contributed by atoms with Crippen molar-refractivity contribution in [1.82, 2.24) is 0 Å². The van der Waals surface area contributed by atoms with E-state index in [0.29, 0.717) is 44.4 Å². The van der Waals surface area contributed by atoms with Gasteiger partial charge in [0.15, 0.2) is 0 Å². The molecular weight excluding hydrogens is 1280 g/mol. The normalized spacial score (nSPS) is 10.0. The van der Waals surface area contributed by atoms with Crippen molar-refractivity contribution in [2.24, 2.45) is 0 Å². The van der Waals surface area contributed by atoms with Crippen LogP contribution in [-0.4, -0.2) is 61.1 Å². The predicted molar refractivity (Wildman–Crippen MR) is 312 cm³/mol. The van der Waals surface area contributed by atoms with Crippen molar-refractivity contribution in [2.75, 3.05) is 37.2 Å². The first-order valence-electron chi connectivity index (χ1n) is 23.7. The van der Waals surface area contributed by atoms with Crippen LogP contribution in [0.1, 0.15) is 47.2 Å². The number of rotatable bonds is 18. The molecule has 0 saturated heterocycles. The Morgan fingerprint density at radius 2 is 0.779 bits per heavy atom. The van der Waals surface area contributed by atoms with Crippen LogP contribution in [0.4, 0.5) is 39.5 Å². The third kappa shape index (κ3) is 37.0. The minimum atomic E-state index is -4.34. The van der Waals surface area contributed by atoms with Crippen LogP contribution in [0.3, 0.4) is 0 Å². The molecule has 0 aromatic heterocycles. The Morgan fingerprint density at radius 3 is 1.06 bits per heavy atom. The molecular formula is C59H54Cl4F9LiO10S3. The zero-order valence-corrected chi connectivity index (χ0v) is 51.8. The Morgan fingerprint density at radius 1 is 0.488 bits per heavy atom. The van der Waals surface area contributed by atoms with E-state index in [1.807, 2.05) is 61.5 Å². The van der Waals surface area contributed by atoms with Crippen LogP contribution in [0.25, 0.3) is 0 Å². The van der Waals surface area contributed by atoms with Crippen molar-refractivity contribution in [3.63, 3.8) is 0 Å². The molecule has 0 fully saturated rings. The average molecular weight is 1340 g/mol.